The van der Waals surface area contributed by atoms with Gasteiger partial charge in [0.05, 0.1) is 6.10 Å². The maximum atomic E-state index is 5.89. The van der Waals surface area contributed by atoms with E-state index in [1.807, 2.05) is 24.3 Å². The van der Waals surface area contributed by atoms with Crippen molar-refractivity contribution in [3.8, 4) is 0 Å². The molecule has 1 aromatic carbocycles. The lowest BCUT2D eigenvalue weighted by molar-refractivity contribution is 0.0277. The zero-order chi connectivity index (χ0) is 14.9. The molecule has 0 spiro atoms. The second-order valence-electron chi connectivity index (χ2n) is 5.38. The van der Waals surface area contributed by atoms with Gasteiger partial charge in [-0.05, 0) is 49.7 Å². The molecular weight excluding hydrogens is 348 g/mol. The van der Waals surface area contributed by atoms with Gasteiger partial charge in [-0.25, -0.2) is 0 Å². The quantitative estimate of drug-likeness (QED) is 0.571. The van der Waals surface area contributed by atoms with Crippen LogP contribution in [0.1, 0.15) is 38.5 Å². The van der Waals surface area contributed by atoms with E-state index >= 15 is 0 Å². The Labute approximate surface area is 141 Å². The predicted octanol–water partition coefficient (Wildman–Crippen LogP) is 4.47. The third-order valence-corrected chi connectivity index (χ3v) is 4.33. The molecule has 0 saturated heterocycles. The first-order chi connectivity index (χ1) is 10.2. The Morgan fingerprint density at radius 2 is 2.10 bits per heavy atom. The van der Waals surface area contributed by atoms with Crippen LogP contribution in [0.5, 0.6) is 0 Å². The molecule has 0 heterocycles. The summed E-state index contributed by atoms with van der Waals surface area (Å²) in [6.45, 7) is 1.66. The average Bonchev–Trinajstić information content (AvgIpc) is 2.48. The molecule has 2 rings (SSSR count). The van der Waals surface area contributed by atoms with Crippen molar-refractivity contribution in [3.63, 3.8) is 0 Å². The van der Waals surface area contributed by atoms with Crippen LogP contribution in [-0.4, -0.2) is 24.4 Å². The van der Waals surface area contributed by atoms with E-state index in [4.69, 9.17) is 17.0 Å². The molecule has 1 saturated carbocycles. The van der Waals surface area contributed by atoms with Crippen molar-refractivity contribution in [1.82, 2.24) is 5.32 Å². The second-order valence-corrected chi connectivity index (χ2v) is 6.70. The van der Waals surface area contributed by atoms with E-state index in [1.54, 1.807) is 0 Å². The van der Waals surface area contributed by atoms with Gasteiger partial charge in [0, 0.05) is 23.3 Å². The molecule has 0 bridgehead atoms. The van der Waals surface area contributed by atoms with Gasteiger partial charge in [-0.1, -0.05) is 41.3 Å². The average molecular weight is 371 g/mol. The maximum Gasteiger partial charge on any atom is 0.170 e. The van der Waals surface area contributed by atoms with Crippen LogP contribution in [0.2, 0.25) is 0 Å². The molecule has 0 amide bonds. The molecule has 1 aromatic rings. The van der Waals surface area contributed by atoms with E-state index in [1.165, 1.54) is 32.1 Å². The Hall–Kier alpha value is -0.650. The monoisotopic (exact) mass is 370 g/mol. The number of hydrogen-bond acceptors (Lipinski definition) is 2. The summed E-state index contributed by atoms with van der Waals surface area (Å²) in [5, 5.41) is 7.04. The van der Waals surface area contributed by atoms with Gasteiger partial charge < -0.3 is 15.4 Å². The van der Waals surface area contributed by atoms with E-state index in [2.05, 4.69) is 26.6 Å². The predicted molar refractivity (Wildman–Crippen MR) is 95.8 cm³/mol. The second kappa shape index (κ2) is 9.38. The highest BCUT2D eigenvalue weighted by atomic mass is 79.9. The molecule has 21 heavy (non-hydrogen) atoms. The van der Waals surface area contributed by atoms with Gasteiger partial charge in [-0.2, -0.15) is 0 Å². The Morgan fingerprint density at radius 3 is 2.86 bits per heavy atom. The highest BCUT2D eigenvalue weighted by molar-refractivity contribution is 9.10. The first kappa shape index (κ1) is 16.7. The van der Waals surface area contributed by atoms with E-state index in [0.29, 0.717) is 11.2 Å². The SMILES string of the molecule is S=C(NCCCOC1CCCCC1)Nc1cccc(Br)c1. The van der Waals surface area contributed by atoms with Crippen molar-refractivity contribution >= 4 is 38.9 Å². The number of nitrogens with one attached hydrogen (secondary N) is 2. The van der Waals surface area contributed by atoms with Crippen molar-refractivity contribution in [2.75, 3.05) is 18.5 Å². The van der Waals surface area contributed by atoms with Crippen molar-refractivity contribution < 1.29 is 4.74 Å². The fourth-order valence-electron chi connectivity index (χ4n) is 2.50. The number of rotatable bonds is 6. The molecule has 0 atom stereocenters. The van der Waals surface area contributed by atoms with Crippen molar-refractivity contribution in [2.24, 2.45) is 0 Å². The van der Waals surface area contributed by atoms with Gasteiger partial charge in [0.15, 0.2) is 5.11 Å². The third-order valence-electron chi connectivity index (χ3n) is 3.59. The molecule has 1 aliphatic carbocycles. The zero-order valence-electron chi connectivity index (χ0n) is 12.2. The fraction of sp³-hybridized carbons (Fsp3) is 0.562. The van der Waals surface area contributed by atoms with Gasteiger partial charge in [0.1, 0.15) is 0 Å². The van der Waals surface area contributed by atoms with Crippen LogP contribution in [0.3, 0.4) is 0 Å². The molecule has 1 aliphatic rings. The molecule has 5 heteroatoms. The minimum atomic E-state index is 0.491. The number of ether oxygens (including phenoxy) is 1. The summed E-state index contributed by atoms with van der Waals surface area (Å²) in [6.07, 6.45) is 7.96. The lowest BCUT2D eigenvalue weighted by Crippen LogP contribution is -2.30. The number of hydrogen-bond donors (Lipinski definition) is 2. The molecule has 116 valence electrons. The summed E-state index contributed by atoms with van der Waals surface area (Å²) in [5.41, 5.74) is 0.986. The van der Waals surface area contributed by atoms with Crippen molar-refractivity contribution in [2.45, 2.75) is 44.6 Å². The van der Waals surface area contributed by atoms with E-state index in [9.17, 15) is 0 Å². The Bertz CT molecular complexity index is 450. The standard InChI is InChI=1S/C16H23BrN2OS/c17-13-6-4-7-14(12-13)19-16(21)18-10-5-11-20-15-8-2-1-3-9-15/h4,6-7,12,15H,1-3,5,8-11H2,(H2,18,19,21). The highest BCUT2D eigenvalue weighted by Gasteiger charge is 2.12. The molecule has 0 aliphatic heterocycles. The van der Waals surface area contributed by atoms with Crippen LogP contribution in [0, 0.1) is 0 Å². The number of anilines is 1. The van der Waals surface area contributed by atoms with Crippen molar-refractivity contribution in [1.29, 1.82) is 0 Å². The summed E-state index contributed by atoms with van der Waals surface area (Å²) in [4.78, 5) is 0. The van der Waals surface area contributed by atoms with Crippen LogP contribution in [0.25, 0.3) is 0 Å². The first-order valence-corrected chi connectivity index (χ1v) is 8.86. The maximum absolute atomic E-state index is 5.89. The lowest BCUT2D eigenvalue weighted by Gasteiger charge is -2.22. The summed E-state index contributed by atoms with van der Waals surface area (Å²) in [5.74, 6) is 0. The van der Waals surface area contributed by atoms with Crippen LogP contribution in [-0.2, 0) is 4.74 Å². The number of benzene rings is 1. The van der Waals surface area contributed by atoms with E-state index in [-0.39, 0.29) is 0 Å². The summed E-state index contributed by atoms with van der Waals surface area (Å²) in [7, 11) is 0. The van der Waals surface area contributed by atoms with Gasteiger partial charge >= 0.3 is 0 Å². The highest BCUT2D eigenvalue weighted by Crippen LogP contribution is 2.20. The van der Waals surface area contributed by atoms with Gasteiger partial charge in [0.25, 0.3) is 0 Å². The molecule has 0 unspecified atom stereocenters. The van der Waals surface area contributed by atoms with Crippen LogP contribution in [0.15, 0.2) is 28.7 Å². The topological polar surface area (TPSA) is 33.3 Å². The summed E-state index contributed by atoms with van der Waals surface area (Å²) in [6, 6.07) is 7.96. The molecule has 2 N–H and O–H groups in total. The van der Waals surface area contributed by atoms with E-state index in [0.717, 1.165) is 29.7 Å². The molecule has 3 nitrogen and oxygen atoms in total. The van der Waals surface area contributed by atoms with Crippen LogP contribution in [0.4, 0.5) is 5.69 Å². The largest absolute Gasteiger partial charge is 0.378 e. The van der Waals surface area contributed by atoms with Gasteiger partial charge in [-0.3, -0.25) is 0 Å². The summed E-state index contributed by atoms with van der Waals surface area (Å²) >= 11 is 8.72. The molecule has 0 radical (unpaired) electrons. The minimum absolute atomic E-state index is 0.491. The van der Waals surface area contributed by atoms with Crippen molar-refractivity contribution in [3.05, 3.63) is 28.7 Å². The van der Waals surface area contributed by atoms with E-state index < -0.39 is 0 Å². The molecule has 1 fully saturated rings. The minimum Gasteiger partial charge on any atom is -0.378 e. The van der Waals surface area contributed by atoms with Gasteiger partial charge in [0.2, 0.25) is 0 Å². The molecule has 0 aromatic heterocycles. The zero-order valence-corrected chi connectivity index (χ0v) is 14.6. The van der Waals surface area contributed by atoms with Gasteiger partial charge in [-0.15, -0.1) is 0 Å². The van der Waals surface area contributed by atoms with Crippen LogP contribution < -0.4 is 10.6 Å². The third kappa shape index (κ3) is 6.76. The summed E-state index contributed by atoms with van der Waals surface area (Å²) < 4.78 is 6.93. The normalized spacial score (nSPS) is 15.7. The molecular formula is C16H23BrN2OS. The van der Waals surface area contributed by atoms with Crippen LogP contribution >= 0.6 is 28.1 Å². The number of thiocarbonyl (C=S) groups is 1. The Morgan fingerprint density at radius 1 is 1.29 bits per heavy atom. The first-order valence-electron chi connectivity index (χ1n) is 7.66. The Kier molecular flexibility index (Phi) is 7.47. The lowest BCUT2D eigenvalue weighted by atomic mass is 9.98. The number of halogens is 1. The Balaban J connectivity index is 1.54. The smallest absolute Gasteiger partial charge is 0.170 e. The fourth-order valence-corrected chi connectivity index (χ4v) is 3.12.